The Bertz CT molecular complexity index is 539. The maximum absolute atomic E-state index is 12.5. The summed E-state index contributed by atoms with van der Waals surface area (Å²) in [5.41, 5.74) is 1.82. The van der Waals surface area contributed by atoms with Crippen molar-refractivity contribution in [1.82, 2.24) is 10.0 Å². The van der Waals surface area contributed by atoms with Crippen molar-refractivity contribution in [2.45, 2.75) is 51.6 Å². The molecule has 114 valence electrons. The van der Waals surface area contributed by atoms with Crippen molar-refractivity contribution >= 4 is 10.0 Å². The van der Waals surface area contributed by atoms with Crippen LogP contribution in [0.4, 0.5) is 0 Å². The SMILES string of the molecule is CNCc1cccc(S(=O)(=O)NC(C)CC(C)C)c1C. The summed E-state index contributed by atoms with van der Waals surface area (Å²) in [6.07, 6.45) is 0.828. The van der Waals surface area contributed by atoms with Gasteiger partial charge in [0.25, 0.3) is 0 Å². The molecule has 5 heteroatoms. The van der Waals surface area contributed by atoms with Crippen LogP contribution in [0.1, 0.15) is 38.3 Å². The minimum atomic E-state index is -3.45. The maximum Gasteiger partial charge on any atom is 0.241 e. The Balaban J connectivity index is 3.01. The third-order valence-corrected chi connectivity index (χ3v) is 4.97. The van der Waals surface area contributed by atoms with Crippen LogP contribution in [0.15, 0.2) is 23.1 Å². The van der Waals surface area contributed by atoms with E-state index in [0.717, 1.165) is 17.5 Å². The van der Waals surface area contributed by atoms with Crippen LogP contribution in [0.3, 0.4) is 0 Å². The highest BCUT2D eigenvalue weighted by Gasteiger charge is 2.20. The normalized spacial score (nSPS) is 13.7. The van der Waals surface area contributed by atoms with E-state index in [9.17, 15) is 8.42 Å². The number of sulfonamides is 1. The zero-order valence-electron chi connectivity index (χ0n) is 13.0. The maximum atomic E-state index is 12.5. The summed E-state index contributed by atoms with van der Waals surface area (Å²) in [5, 5.41) is 3.06. The fraction of sp³-hybridized carbons (Fsp3) is 0.600. The Kier molecular flexibility index (Phi) is 6.17. The number of rotatable bonds is 7. The molecule has 1 unspecified atom stereocenters. The lowest BCUT2D eigenvalue weighted by Gasteiger charge is -2.18. The topological polar surface area (TPSA) is 58.2 Å². The predicted molar refractivity (Wildman–Crippen MR) is 83.2 cm³/mol. The highest BCUT2D eigenvalue weighted by Crippen LogP contribution is 2.19. The minimum Gasteiger partial charge on any atom is -0.316 e. The second-order valence-electron chi connectivity index (χ2n) is 5.72. The van der Waals surface area contributed by atoms with Gasteiger partial charge in [-0.15, -0.1) is 0 Å². The second-order valence-corrected chi connectivity index (χ2v) is 7.40. The molecule has 1 rings (SSSR count). The summed E-state index contributed by atoms with van der Waals surface area (Å²) in [4.78, 5) is 0.376. The van der Waals surface area contributed by atoms with Crippen molar-refractivity contribution in [1.29, 1.82) is 0 Å². The molecule has 0 spiro atoms. The van der Waals surface area contributed by atoms with Crippen molar-refractivity contribution < 1.29 is 8.42 Å². The molecule has 0 amide bonds. The van der Waals surface area contributed by atoms with E-state index < -0.39 is 10.0 Å². The minimum absolute atomic E-state index is 0.0626. The predicted octanol–water partition coefficient (Wildman–Crippen LogP) is 2.43. The fourth-order valence-electron chi connectivity index (χ4n) is 2.42. The van der Waals surface area contributed by atoms with Crippen LogP contribution in [-0.4, -0.2) is 21.5 Å². The molecule has 0 aliphatic heterocycles. The molecule has 0 fully saturated rings. The Morgan fingerprint density at radius 2 is 1.85 bits per heavy atom. The summed E-state index contributed by atoms with van der Waals surface area (Å²) in [6, 6.07) is 5.34. The van der Waals surface area contributed by atoms with Crippen LogP contribution in [0, 0.1) is 12.8 Å². The quantitative estimate of drug-likeness (QED) is 0.813. The highest BCUT2D eigenvalue weighted by molar-refractivity contribution is 7.89. The van der Waals surface area contributed by atoms with Crippen LogP contribution >= 0.6 is 0 Å². The van der Waals surface area contributed by atoms with E-state index in [-0.39, 0.29) is 6.04 Å². The lowest BCUT2D eigenvalue weighted by molar-refractivity contribution is 0.482. The first kappa shape index (κ1) is 17.1. The van der Waals surface area contributed by atoms with E-state index in [1.165, 1.54) is 0 Å². The van der Waals surface area contributed by atoms with Crippen molar-refractivity contribution in [3.05, 3.63) is 29.3 Å². The summed E-state index contributed by atoms with van der Waals surface area (Å²) in [5.74, 6) is 0.462. The molecule has 0 aromatic heterocycles. The Morgan fingerprint density at radius 3 is 2.40 bits per heavy atom. The van der Waals surface area contributed by atoms with E-state index in [1.807, 2.05) is 27.0 Å². The van der Waals surface area contributed by atoms with Gasteiger partial charge in [-0.1, -0.05) is 26.0 Å². The van der Waals surface area contributed by atoms with Crippen molar-refractivity contribution in [3.63, 3.8) is 0 Å². The zero-order valence-corrected chi connectivity index (χ0v) is 13.8. The number of nitrogens with one attached hydrogen (secondary N) is 2. The zero-order chi connectivity index (χ0) is 15.3. The Hall–Kier alpha value is -0.910. The van der Waals surface area contributed by atoms with Crippen LogP contribution in [-0.2, 0) is 16.6 Å². The van der Waals surface area contributed by atoms with Crippen LogP contribution < -0.4 is 10.0 Å². The molecule has 0 aliphatic rings. The fourth-order valence-corrected chi connectivity index (χ4v) is 3.96. The highest BCUT2D eigenvalue weighted by atomic mass is 32.2. The van der Waals surface area contributed by atoms with E-state index in [2.05, 4.69) is 23.9 Å². The molecule has 20 heavy (non-hydrogen) atoms. The summed E-state index contributed by atoms with van der Waals surface area (Å²) in [6.45, 7) is 8.60. The van der Waals surface area contributed by atoms with Gasteiger partial charge in [0.1, 0.15) is 0 Å². The second kappa shape index (κ2) is 7.20. The van der Waals surface area contributed by atoms with Gasteiger partial charge in [-0.25, -0.2) is 13.1 Å². The summed E-state index contributed by atoms with van der Waals surface area (Å²) < 4.78 is 27.7. The molecule has 2 N–H and O–H groups in total. The number of benzene rings is 1. The standard InChI is InChI=1S/C15H26N2O2S/c1-11(2)9-12(3)17-20(18,19)15-8-6-7-14(10-16-5)13(15)4/h6-8,11-12,16-17H,9-10H2,1-5H3. The lowest BCUT2D eigenvalue weighted by atomic mass is 10.1. The molecule has 4 nitrogen and oxygen atoms in total. The van der Waals surface area contributed by atoms with Gasteiger partial charge < -0.3 is 5.32 Å². The number of hydrogen-bond acceptors (Lipinski definition) is 3. The van der Waals surface area contributed by atoms with Gasteiger partial charge in [0.2, 0.25) is 10.0 Å². The van der Waals surface area contributed by atoms with E-state index in [0.29, 0.717) is 17.4 Å². The van der Waals surface area contributed by atoms with Gasteiger partial charge in [0, 0.05) is 12.6 Å². The molecule has 0 aliphatic carbocycles. The average molecular weight is 298 g/mol. The average Bonchev–Trinajstić information content (AvgIpc) is 2.29. The molecule has 1 atom stereocenters. The van der Waals surface area contributed by atoms with E-state index >= 15 is 0 Å². The van der Waals surface area contributed by atoms with Gasteiger partial charge in [-0.05, 0) is 50.4 Å². The Morgan fingerprint density at radius 1 is 1.20 bits per heavy atom. The molecular formula is C15H26N2O2S. The van der Waals surface area contributed by atoms with Gasteiger partial charge >= 0.3 is 0 Å². The molecule has 1 aromatic rings. The van der Waals surface area contributed by atoms with Crippen LogP contribution in [0.2, 0.25) is 0 Å². The number of hydrogen-bond donors (Lipinski definition) is 2. The first-order chi connectivity index (χ1) is 9.27. The van der Waals surface area contributed by atoms with Crippen molar-refractivity contribution in [2.75, 3.05) is 7.05 Å². The largest absolute Gasteiger partial charge is 0.316 e. The van der Waals surface area contributed by atoms with Crippen molar-refractivity contribution in [3.8, 4) is 0 Å². The molecule has 0 bridgehead atoms. The van der Waals surface area contributed by atoms with Gasteiger partial charge in [-0.3, -0.25) is 0 Å². The third-order valence-electron chi connectivity index (χ3n) is 3.23. The molecule has 1 aromatic carbocycles. The summed E-state index contributed by atoms with van der Waals surface area (Å²) in [7, 11) is -1.60. The lowest BCUT2D eigenvalue weighted by Crippen LogP contribution is -2.34. The monoisotopic (exact) mass is 298 g/mol. The Labute approximate surface area is 123 Å². The molecule has 0 heterocycles. The molecule has 0 saturated carbocycles. The molecule has 0 saturated heterocycles. The van der Waals surface area contributed by atoms with Gasteiger partial charge in [0.15, 0.2) is 0 Å². The van der Waals surface area contributed by atoms with E-state index in [1.54, 1.807) is 12.1 Å². The van der Waals surface area contributed by atoms with Gasteiger partial charge in [-0.2, -0.15) is 0 Å². The van der Waals surface area contributed by atoms with Crippen LogP contribution in [0.25, 0.3) is 0 Å². The van der Waals surface area contributed by atoms with Crippen LogP contribution in [0.5, 0.6) is 0 Å². The first-order valence-electron chi connectivity index (χ1n) is 7.03. The van der Waals surface area contributed by atoms with E-state index in [4.69, 9.17) is 0 Å². The summed E-state index contributed by atoms with van der Waals surface area (Å²) >= 11 is 0. The molecule has 0 radical (unpaired) electrons. The van der Waals surface area contributed by atoms with Crippen molar-refractivity contribution in [2.24, 2.45) is 5.92 Å². The molecular weight excluding hydrogens is 272 g/mol. The third kappa shape index (κ3) is 4.58. The smallest absolute Gasteiger partial charge is 0.241 e. The first-order valence-corrected chi connectivity index (χ1v) is 8.51. The van der Waals surface area contributed by atoms with Gasteiger partial charge in [0.05, 0.1) is 4.90 Å².